The molecule has 0 saturated heterocycles. The summed E-state index contributed by atoms with van der Waals surface area (Å²) < 4.78 is 0. The van der Waals surface area contributed by atoms with Gasteiger partial charge in [0.1, 0.15) is 0 Å². The van der Waals surface area contributed by atoms with Crippen molar-refractivity contribution < 1.29 is 4.79 Å². The van der Waals surface area contributed by atoms with Crippen molar-refractivity contribution in [3.63, 3.8) is 0 Å². The Hall–Kier alpha value is 0.177. The second kappa shape index (κ2) is 10.3. The fraction of sp³-hybridized carbons (Fsp3) is 0.909. The molecule has 0 rings (SSSR count). The zero-order valence-electron chi connectivity index (χ0n) is 9.98. The Morgan fingerprint density at radius 3 is 2.00 bits per heavy atom. The Labute approximate surface area is 109 Å². The van der Waals surface area contributed by atoms with Crippen LogP contribution >= 0.6 is 22.2 Å². The van der Waals surface area contributed by atoms with E-state index in [2.05, 4.69) is 4.99 Å². The third-order valence-corrected chi connectivity index (χ3v) is 4.82. The van der Waals surface area contributed by atoms with Gasteiger partial charge in [-0.2, -0.15) is 0 Å². The lowest BCUT2D eigenvalue weighted by molar-refractivity contribution is 0.559. The van der Waals surface area contributed by atoms with Gasteiger partial charge in [-0.1, -0.05) is 38.5 Å². The number of aliphatic imine (C=N–C) groups is 1. The molecule has 0 saturated carbocycles. The molecule has 94 valence electrons. The normalized spacial score (nSPS) is 11.2. The molecule has 0 aliphatic heterocycles. The van der Waals surface area contributed by atoms with Crippen LogP contribution in [0.15, 0.2) is 4.99 Å². The van der Waals surface area contributed by atoms with Crippen LogP contribution in [0.4, 0.5) is 0 Å². The molecule has 0 aromatic carbocycles. The summed E-state index contributed by atoms with van der Waals surface area (Å²) in [6, 6.07) is 1.00. The number of unbranched alkanes of at least 4 members (excludes halogenated alkanes) is 6. The average molecular weight is 282 g/mol. The highest BCUT2D eigenvalue weighted by atomic mass is 35.7. The van der Waals surface area contributed by atoms with Gasteiger partial charge >= 0.3 is 0 Å². The molecule has 2 nitrogen and oxygen atoms in total. The second-order valence-corrected chi connectivity index (χ2v) is 12.5. The summed E-state index contributed by atoms with van der Waals surface area (Å²) >= 11 is 12.0. The van der Waals surface area contributed by atoms with Crippen molar-refractivity contribution in [2.24, 2.45) is 4.99 Å². The summed E-state index contributed by atoms with van der Waals surface area (Å²) in [6.07, 6.45) is 9.85. The molecule has 0 radical (unpaired) electrons. The molecule has 0 bridgehead atoms. The van der Waals surface area contributed by atoms with E-state index in [4.69, 9.17) is 22.2 Å². The second-order valence-electron chi connectivity index (χ2n) is 4.27. The lowest BCUT2D eigenvalue weighted by Crippen LogP contribution is -2.11. The number of isocyanates is 1. The number of nitrogens with zero attached hydrogens (tertiary/aromatic N) is 1. The van der Waals surface area contributed by atoms with Gasteiger partial charge in [-0.05, 0) is 19.0 Å². The lowest BCUT2D eigenvalue weighted by Gasteiger charge is -2.08. The first-order valence-electron chi connectivity index (χ1n) is 5.98. The van der Waals surface area contributed by atoms with Crippen LogP contribution in [0.5, 0.6) is 0 Å². The van der Waals surface area contributed by atoms with Crippen molar-refractivity contribution in [2.75, 3.05) is 6.54 Å². The summed E-state index contributed by atoms with van der Waals surface area (Å²) in [4.78, 5) is 13.3. The molecule has 0 aromatic rings. The van der Waals surface area contributed by atoms with Crippen LogP contribution in [-0.2, 0) is 4.79 Å². The van der Waals surface area contributed by atoms with Gasteiger partial charge in [-0.15, -0.1) is 22.2 Å². The molecular weight excluding hydrogens is 261 g/mol. The monoisotopic (exact) mass is 281 g/mol. The third kappa shape index (κ3) is 14.2. The van der Waals surface area contributed by atoms with Gasteiger partial charge in [0.15, 0.2) is 0 Å². The van der Waals surface area contributed by atoms with E-state index in [0.717, 1.165) is 25.3 Å². The van der Waals surface area contributed by atoms with E-state index in [1.807, 2.05) is 6.55 Å². The molecule has 0 aliphatic carbocycles. The molecule has 0 atom stereocenters. The van der Waals surface area contributed by atoms with Crippen molar-refractivity contribution in [1.82, 2.24) is 0 Å². The minimum absolute atomic E-state index is 0.631. The Balaban J connectivity index is 3.07. The number of rotatable bonds is 10. The summed E-state index contributed by atoms with van der Waals surface area (Å²) in [5.41, 5.74) is 0. The van der Waals surface area contributed by atoms with Crippen molar-refractivity contribution in [3.05, 3.63) is 0 Å². The Morgan fingerprint density at radius 1 is 1.00 bits per heavy atom. The van der Waals surface area contributed by atoms with Crippen LogP contribution in [-0.4, -0.2) is 19.3 Å². The van der Waals surface area contributed by atoms with Crippen LogP contribution in [0.1, 0.15) is 44.9 Å². The largest absolute Gasteiger partial charge is 0.248 e. The van der Waals surface area contributed by atoms with Crippen molar-refractivity contribution in [3.8, 4) is 0 Å². The fourth-order valence-corrected chi connectivity index (χ4v) is 3.23. The SMILES string of the molecule is C[Si](Cl)(Cl)CCCCCCCCCN=C=O. The van der Waals surface area contributed by atoms with Gasteiger partial charge in [-0.3, -0.25) is 0 Å². The van der Waals surface area contributed by atoms with Crippen LogP contribution in [0.3, 0.4) is 0 Å². The maximum atomic E-state index is 9.78. The van der Waals surface area contributed by atoms with Gasteiger partial charge in [0, 0.05) is 0 Å². The first kappa shape index (κ1) is 16.2. The van der Waals surface area contributed by atoms with Crippen molar-refractivity contribution in [1.29, 1.82) is 0 Å². The highest BCUT2D eigenvalue weighted by molar-refractivity contribution is 7.44. The lowest BCUT2D eigenvalue weighted by atomic mass is 10.1. The molecule has 0 aliphatic rings. The molecule has 0 aromatic heterocycles. The molecule has 0 spiro atoms. The molecule has 5 heteroatoms. The molecule has 0 fully saturated rings. The summed E-state index contributed by atoms with van der Waals surface area (Å²) in [5, 5.41) is 0. The zero-order chi connectivity index (χ0) is 12.3. The first-order chi connectivity index (χ1) is 7.56. The van der Waals surface area contributed by atoms with E-state index in [9.17, 15) is 4.79 Å². The van der Waals surface area contributed by atoms with Gasteiger partial charge < -0.3 is 0 Å². The molecular formula is C11H21Cl2NOSi. The Bertz CT molecular complexity index is 213. The van der Waals surface area contributed by atoms with E-state index < -0.39 is 6.69 Å². The standard InChI is InChI=1S/C11H21Cl2NOSi/c1-16(12,13)10-8-6-4-2-3-5-7-9-14-11-15/h2-10H2,1H3. The predicted octanol–water partition coefficient (Wildman–Crippen LogP) is 4.60. The summed E-state index contributed by atoms with van der Waals surface area (Å²) in [7, 11) is 0. The molecule has 0 heterocycles. The maximum Gasteiger partial charge on any atom is 0.248 e. The van der Waals surface area contributed by atoms with Crippen molar-refractivity contribution in [2.45, 2.75) is 57.5 Å². The Morgan fingerprint density at radius 2 is 1.50 bits per heavy atom. The van der Waals surface area contributed by atoms with Gasteiger partial charge in [0.2, 0.25) is 12.8 Å². The molecule has 0 N–H and O–H groups in total. The van der Waals surface area contributed by atoms with E-state index in [0.29, 0.717) is 6.54 Å². The quantitative estimate of drug-likeness (QED) is 0.189. The molecule has 0 unspecified atom stereocenters. The smallest absolute Gasteiger partial charge is 0.211 e. The average Bonchev–Trinajstić information content (AvgIpc) is 2.19. The van der Waals surface area contributed by atoms with Crippen LogP contribution in [0.25, 0.3) is 0 Å². The topological polar surface area (TPSA) is 29.4 Å². The minimum atomic E-state index is -1.85. The third-order valence-electron chi connectivity index (χ3n) is 2.45. The fourth-order valence-electron chi connectivity index (χ4n) is 1.56. The van der Waals surface area contributed by atoms with Crippen LogP contribution in [0.2, 0.25) is 12.6 Å². The highest BCUT2D eigenvalue weighted by Crippen LogP contribution is 2.23. The summed E-state index contributed by atoms with van der Waals surface area (Å²) in [6.45, 7) is 0.755. The van der Waals surface area contributed by atoms with Crippen molar-refractivity contribution >= 4 is 34.9 Å². The number of hydrogen-bond acceptors (Lipinski definition) is 2. The van der Waals surface area contributed by atoms with E-state index in [1.165, 1.54) is 25.7 Å². The van der Waals surface area contributed by atoms with Crippen LogP contribution < -0.4 is 0 Å². The maximum absolute atomic E-state index is 9.78. The minimum Gasteiger partial charge on any atom is -0.211 e. The highest BCUT2D eigenvalue weighted by Gasteiger charge is 2.19. The Kier molecular flexibility index (Phi) is 10.5. The zero-order valence-corrected chi connectivity index (χ0v) is 12.5. The van der Waals surface area contributed by atoms with Gasteiger partial charge in [-0.25, -0.2) is 9.79 Å². The van der Waals surface area contributed by atoms with E-state index in [-0.39, 0.29) is 0 Å². The van der Waals surface area contributed by atoms with Crippen LogP contribution in [0, 0.1) is 0 Å². The first-order valence-corrected chi connectivity index (χ1v) is 10.7. The van der Waals surface area contributed by atoms with Gasteiger partial charge in [0.25, 0.3) is 0 Å². The predicted molar refractivity (Wildman–Crippen MR) is 73.4 cm³/mol. The molecule has 0 amide bonds. The molecule has 16 heavy (non-hydrogen) atoms. The van der Waals surface area contributed by atoms with E-state index >= 15 is 0 Å². The number of hydrogen-bond donors (Lipinski definition) is 0. The van der Waals surface area contributed by atoms with Gasteiger partial charge in [0.05, 0.1) is 6.54 Å². The van der Waals surface area contributed by atoms with E-state index in [1.54, 1.807) is 6.08 Å². The number of carbonyl (C=O) groups excluding carboxylic acids is 1. The number of halogens is 2. The summed E-state index contributed by atoms with van der Waals surface area (Å²) in [5.74, 6) is 0.